The fraction of sp³-hybridized carbons (Fsp3) is 0.219. The predicted octanol–water partition coefficient (Wildman–Crippen LogP) is 7.87. The number of halogens is 6. The van der Waals surface area contributed by atoms with Gasteiger partial charge in [0.25, 0.3) is 0 Å². The average molecular weight is 581 g/mol. The number of hydrogen-bond acceptors (Lipinski definition) is 3. The van der Waals surface area contributed by atoms with Crippen molar-refractivity contribution in [1.29, 1.82) is 0 Å². The molecule has 6 rings (SSSR count). The van der Waals surface area contributed by atoms with Gasteiger partial charge in [0.1, 0.15) is 23.0 Å². The van der Waals surface area contributed by atoms with Crippen LogP contribution in [-0.2, 0) is 19.3 Å². The highest BCUT2D eigenvalue weighted by atomic mass is 19.4. The second kappa shape index (κ2) is 11.2. The number of anilines is 1. The van der Waals surface area contributed by atoms with Crippen molar-refractivity contribution in [2.24, 2.45) is 0 Å². The van der Waals surface area contributed by atoms with Crippen LogP contribution in [-0.4, -0.2) is 33.8 Å². The van der Waals surface area contributed by atoms with Gasteiger partial charge < -0.3 is 5.32 Å². The van der Waals surface area contributed by atoms with Gasteiger partial charge in [-0.3, -0.25) is 9.58 Å². The average Bonchev–Trinajstić information content (AvgIpc) is 3.54. The summed E-state index contributed by atoms with van der Waals surface area (Å²) < 4.78 is 85.2. The molecule has 4 nitrogen and oxygen atoms in total. The van der Waals surface area contributed by atoms with E-state index in [0.717, 1.165) is 42.5 Å². The minimum Gasteiger partial charge on any atom is -0.381 e. The summed E-state index contributed by atoms with van der Waals surface area (Å²) in [4.78, 5) is 2.37. The lowest BCUT2D eigenvalue weighted by molar-refractivity contribution is -0.136. The van der Waals surface area contributed by atoms with E-state index in [9.17, 15) is 26.3 Å². The van der Waals surface area contributed by atoms with E-state index < -0.39 is 41.3 Å². The molecule has 0 spiro atoms. The Morgan fingerprint density at radius 1 is 0.833 bits per heavy atom. The molecule has 4 aromatic carbocycles. The number of nitrogens with zero attached hydrogens (tertiary/aromatic N) is 3. The van der Waals surface area contributed by atoms with Gasteiger partial charge in [-0.15, -0.1) is 0 Å². The maximum Gasteiger partial charge on any atom is 0.418 e. The van der Waals surface area contributed by atoms with Crippen molar-refractivity contribution >= 4 is 16.6 Å². The Morgan fingerprint density at radius 3 is 2.24 bits per heavy atom. The largest absolute Gasteiger partial charge is 0.418 e. The Bertz CT molecular complexity index is 1690. The van der Waals surface area contributed by atoms with E-state index in [-0.39, 0.29) is 22.6 Å². The van der Waals surface area contributed by atoms with Gasteiger partial charge in [0.2, 0.25) is 0 Å². The molecular formula is C32H26F6N4. The maximum absolute atomic E-state index is 14.5. The maximum atomic E-state index is 14.5. The monoisotopic (exact) mass is 580 g/mol. The molecule has 1 fully saturated rings. The summed E-state index contributed by atoms with van der Waals surface area (Å²) in [7, 11) is 0. The molecule has 42 heavy (non-hydrogen) atoms. The van der Waals surface area contributed by atoms with Crippen LogP contribution in [0.4, 0.5) is 32.0 Å². The van der Waals surface area contributed by atoms with Crippen LogP contribution in [0.25, 0.3) is 22.2 Å². The third-order valence-corrected chi connectivity index (χ3v) is 7.54. The number of alkyl halides is 3. The van der Waals surface area contributed by atoms with Crippen LogP contribution in [0.3, 0.4) is 0 Å². The SMILES string of the molecule is Fc1cc(F)c(Cn2nc3c(C(F)(F)F)cccc3c2-c2ccc(N[C@@H]3CCN(Cc4ccccc4)C3)cc2)c(F)c1. The summed E-state index contributed by atoms with van der Waals surface area (Å²) in [5, 5.41) is 7.86. The Balaban J connectivity index is 1.29. The molecular weight excluding hydrogens is 554 g/mol. The van der Waals surface area contributed by atoms with Gasteiger partial charge >= 0.3 is 6.18 Å². The van der Waals surface area contributed by atoms with Crippen molar-refractivity contribution in [1.82, 2.24) is 14.7 Å². The highest BCUT2D eigenvalue weighted by Crippen LogP contribution is 2.38. The lowest BCUT2D eigenvalue weighted by Gasteiger charge is -2.18. The molecule has 1 aromatic heterocycles. The van der Waals surface area contributed by atoms with E-state index in [1.54, 1.807) is 12.1 Å². The molecule has 1 aliphatic rings. The van der Waals surface area contributed by atoms with Crippen molar-refractivity contribution in [3.05, 3.63) is 119 Å². The lowest BCUT2D eigenvalue weighted by atomic mass is 10.0. The van der Waals surface area contributed by atoms with Crippen LogP contribution >= 0.6 is 0 Å². The standard InChI is InChI=1S/C32H26F6N4/c33-22-15-28(34)26(29(35)16-22)19-42-31(25-7-4-8-27(30(25)40-42)32(36,37)38)21-9-11-23(12-10-21)39-24-13-14-41(18-24)17-20-5-2-1-3-6-20/h1-12,15-16,24,39H,13-14,17-19H2/t24-/m1/s1. The number of nitrogens with one attached hydrogen (secondary N) is 1. The summed E-state index contributed by atoms with van der Waals surface area (Å²) in [5.41, 5.74) is 1.07. The zero-order chi connectivity index (χ0) is 29.4. The van der Waals surface area contributed by atoms with E-state index in [1.165, 1.54) is 17.7 Å². The van der Waals surface area contributed by atoms with Gasteiger partial charge in [-0.05, 0) is 30.2 Å². The number of likely N-dealkylation sites (tertiary alicyclic amines) is 1. The molecule has 1 saturated heterocycles. The van der Waals surface area contributed by atoms with Gasteiger partial charge in [-0.25, -0.2) is 13.2 Å². The van der Waals surface area contributed by atoms with Crippen molar-refractivity contribution in [3.63, 3.8) is 0 Å². The van der Waals surface area contributed by atoms with Crippen LogP contribution in [0, 0.1) is 17.5 Å². The van der Waals surface area contributed by atoms with Crippen LogP contribution in [0.5, 0.6) is 0 Å². The second-order valence-electron chi connectivity index (χ2n) is 10.5. The van der Waals surface area contributed by atoms with E-state index >= 15 is 0 Å². The van der Waals surface area contributed by atoms with Crippen molar-refractivity contribution in [2.75, 3.05) is 18.4 Å². The van der Waals surface area contributed by atoms with Crippen molar-refractivity contribution in [3.8, 4) is 11.3 Å². The lowest BCUT2D eigenvalue weighted by Crippen LogP contribution is -2.25. The Kier molecular flexibility index (Phi) is 7.40. The van der Waals surface area contributed by atoms with Gasteiger partial charge in [0.15, 0.2) is 0 Å². The number of hydrogen-bond donors (Lipinski definition) is 1. The van der Waals surface area contributed by atoms with Crippen LogP contribution in [0.2, 0.25) is 0 Å². The van der Waals surface area contributed by atoms with Crippen molar-refractivity contribution in [2.45, 2.75) is 31.7 Å². The van der Waals surface area contributed by atoms with Gasteiger partial charge in [-0.2, -0.15) is 18.3 Å². The Labute approximate surface area is 238 Å². The molecule has 1 N–H and O–H groups in total. The molecule has 0 bridgehead atoms. The first-order valence-corrected chi connectivity index (χ1v) is 13.5. The van der Waals surface area contributed by atoms with Crippen LogP contribution < -0.4 is 5.32 Å². The van der Waals surface area contributed by atoms with E-state index in [0.29, 0.717) is 17.7 Å². The van der Waals surface area contributed by atoms with Gasteiger partial charge in [0.05, 0.1) is 17.8 Å². The molecule has 2 heterocycles. The minimum absolute atomic E-state index is 0.181. The van der Waals surface area contributed by atoms with Crippen LogP contribution in [0.15, 0.2) is 84.9 Å². The fourth-order valence-electron chi connectivity index (χ4n) is 5.57. The van der Waals surface area contributed by atoms with E-state index in [4.69, 9.17) is 0 Å². The molecule has 1 atom stereocenters. The Hall–Kier alpha value is -4.31. The smallest absolute Gasteiger partial charge is 0.381 e. The molecule has 0 aliphatic carbocycles. The summed E-state index contributed by atoms with van der Waals surface area (Å²) in [5.74, 6) is -3.38. The quantitative estimate of drug-likeness (QED) is 0.199. The normalized spacial score (nSPS) is 15.9. The Morgan fingerprint density at radius 2 is 1.55 bits per heavy atom. The minimum atomic E-state index is -4.69. The molecule has 10 heteroatoms. The van der Waals surface area contributed by atoms with Gasteiger partial charge in [0, 0.05) is 60.0 Å². The number of fused-ring (bicyclic) bond motifs is 1. The topological polar surface area (TPSA) is 33.1 Å². The molecule has 0 unspecified atom stereocenters. The zero-order valence-corrected chi connectivity index (χ0v) is 22.3. The summed E-state index contributed by atoms with van der Waals surface area (Å²) in [6, 6.07) is 22.3. The van der Waals surface area contributed by atoms with E-state index in [1.807, 2.05) is 30.3 Å². The third kappa shape index (κ3) is 5.72. The summed E-state index contributed by atoms with van der Waals surface area (Å²) >= 11 is 0. The van der Waals surface area contributed by atoms with Crippen LogP contribution in [0.1, 0.15) is 23.1 Å². The summed E-state index contributed by atoms with van der Waals surface area (Å²) in [6.45, 7) is 2.15. The zero-order valence-electron chi connectivity index (χ0n) is 22.3. The molecule has 216 valence electrons. The summed E-state index contributed by atoms with van der Waals surface area (Å²) in [6.07, 6.45) is -3.73. The van der Waals surface area contributed by atoms with Gasteiger partial charge in [-0.1, -0.05) is 54.6 Å². The fourth-order valence-corrected chi connectivity index (χ4v) is 5.57. The number of aromatic nitrogens is 2. The first-order chi connectivity index (χ1) is 20.2. The molecule has 5 aromatic rings. The number of rotatable bonds is 7. The molecule has 0 saturated carbocycles. The third-order valence-electron chi connectivity index (χ3n) is 7.54. The highest BCUT2D eigenvalue weighted by molar-refractivity contribution is 5.95. The first-order valence-electron chi connectivity index (χ1n) is 13.5. The molecule has 0 amide bonds. The van der Waals surface area contributed by atoms with E-state index in [2.05, 4.69) is 27.4 Å². The predicted molar refractivity (Wildman–Crippen MR) is 149 cm³/mol. The first kappa shape index (κ1) is 27.8. The number of benzene rings is 4. The molecule has 0 radical (unpaired) electrons. The second-order valence-corrected chi connectivity index (χ2v) is 10.5. The van der Waals surface area contributed by atoms with Crippen molar-refractivity contribution < 1.29 is 26.3 Å². The highest BCUT2D eigenvalue weighted by Gasteiger charge is 2.35. The molecule has 1 aliphatic heterocycles.